The van der Waals surface area contributed by atoms with Gasteiger partial charge in [-0.3, -0.25) is 14.5 Å². The van der Waals surface area contributed by atoms with Crippen LogP contribution in [0.5, 0.6) is 0 Å². The number of aliphatic hydroxyl groups is 5. The van der Waals surface area contributed by atoms with Gasteiger partial charge in [-0.2, -0.15) is 0 Å². The van der Waals surface area contributed by atoms with Crippen LogP contribution in [-0.4, -0.2) is 147 Å². The highest BCUT2D eigenvalue weighted by Crippen LogP contribution is 2.40. The number of cyclic esters (lactones) is 1. The summed E-state index contributed by atoms with van der Waals surface area (Å²) in [5.41, 5.74) is -4.85. The highest BCUT2D eigenvalue weighted by molar-refractivity contribution is 5.81. The number of methoxy groups -OCH3 is 1. The first-order valence-electron chi connectivity index (χ1n) is 19.1. The van der Waals surface area contributed by atoms with E-state index in [1.807, 2.05) is 18.9 Å². The molecule has 0 radical (unpaired) electrons. The van der Waals surface area contributed by atoms with Crippen molar-refractivity contribution in [2.75, 3.05) is 20.7 Å². The van der Waals surface area contributed by atoms with E-state index >= 15 is 0 Å². The third-order valence-corrected chi connectivity index (χ3v) is 12.1. The normalized spacial score (nSPS) is 46.7. The van der Waals surface area contributed by atoms with Gasteiger partial charge in [-0.05, 0) is 67.9 Å². The molecule has 53 heavy (non-hydrogen) atoms. The van der Waals surface area contributed by atoms with E-state index in [-0.39, 0.29) is 31.8 Å². The van der Waals surface area contributed by atoms with E-state index in [0.717, 1.165) is 0 Å². The molecule has 14 heteroatoms. The number of aliphatic hydroxyl groups excluding tert-OH is 3. The number of terminal acetylenes is 1. The Balaban J connectivity index is 2.14. The molecule has 0 aliphatic carbocycles. The predicted molar refractivity (Wildman–Crippen MR) is 194 cm³/mol. The van der Waals surface area contributed by atoms with Crippen LogP contribution in [0.3, 0.4) is 0 Å². The number of rotatable bonds is 9. The Morgan fingerprint density at radius 1 is 0.981 bits per heavy atom. The summed E-state index contributed by atoms with van der Waals surface area (Å²) in [7, 11) is 3.33. The van der Waals surface area contributed by atoms with Gasteiger partial charge < -0.3 is 54.0 Å². The van der Waals surface area contributed by atoms with Gasteiger partial charge in [-0.25, -0.2) is 0 Å². The van der Waals surface area contributed by atoms with Gasteiger partial charge in [-0.15, -0.1) is 12.3 Å². The van der Waals surface area contributed by atoms with Crippen LogP contribution in [0.1, 0.15) is 101 Å². The molecule has 3 rings (SSSR count). The van der Waals surface area contributed by atoms with E-state index < -0.39 is 108 Å². The summed E-state index contributed by atoms with van der Waals surface area (Å²) < 4.78 is 37.1. The minimum absolute atomic E-state index is 0.0838. The summed E-state index contributed by atoms with van der Waals surface area (Å²) in [6, 6.07) is -0.394. The fraction of sp³-hybridized carbons (Fsp3) is 0.897. The lowest BCUT2D eigenvalue weighted by Crippen LogP contribution is -2.61. The highest BCUT2D eigenvalue weighted by atomic mass is 16.7. The predicted octanol–water partition coefficient (Wildman–Crippen LogP) is 1.93. The van der Waals surface area contributed by atoms with Crippen molar-refractivity contribution in [1.29, 1.82) is 0 Å². The van der Waals surface area contributed by atoms with E-state index in [1.54, 1.807) is 34.6 Å². The van der Waals surface area contributed by atoms with Gasteiger partial charge in [0.05, 0.1) is 47.6 Å². The van der Waals surface area contributed by atoms with E-state index in [0.29, 0.717) is 19.4 Å². The standard InChI is InChI=1S/C39H67NO13/c1-13-15-18-40(11)26-19-21(3)49-36(30(26)42)53-34-23(5)31(52-29-20-38(9,48-12)33(44)25(7)50-29)24(6)35(45)51-28(14-2)39(10,47)32(43)22(4)27(41)16-17-37(34,8)46/h1,21-26,28-34,36,42-44,46-47H,14-20H2,2-12H3/t21-,22+,23+,24-,25+,26+,28-,29?,30-,31+,32-,33+,34-,36+,37-,38-,39-/m1/s1. The number of ketones is 1. The third-order valence-electron chi connectivity index (χ3n) is 12.1. The maximum Gasteiger partial charge on any atom is 0.311 e. The molecule has 14 nitrogen and oxygen atoms in total. The van der Waals surface area contributed by atoms with Crippen LogP contribution in [0, 0.1) is 30.1 Å². The molecule has 3 aliphatic rings. The van der Waals surface area contributed by atoms with Crippen molar-refractivity contribution in [1.82, 2.24) is 4.90 Å². The molecule has 17 atom stereocenters. The van der Waals surface area contributed by atoms with Crippen LogP contribution in [0.2, 0.25) is 0 Å². The quantitative estimate of drug-likeness (QED) is 0.169. The average Bonchev–Trinajstić information content (AvgIpc) is 3.11. The second-order valence-corrected chi connectivity index (χ2v) is 16.4. The lowest BCUT2D eigenvalue weighted by molar-refractivity contribution is -0.317. The van der Waals surface area contributed by atoms with E-state index in [4.69, 9.17) is 34.8 Å². The number of esters is 1. The van der Waals surface area contributed by atoms with Crippen molar-refractivity contribution in [2.45, 2.75) is 185 Å². The molecular formula is C39H67NO13. The Hall–Kier alpha value is -1.74. The number of carbonyl (C=O) groups is 2. The van der Waals surface area contributed by atoms with Crippen LogP contribution in [-0.2, 0) is 38.0 Å². The second kappa shape index (κ2) is 18.5. The molecule has 3 fully saturated rings. The van der Waals surface area contributed by atoms with Gasteiger partial charge in [0.1, 0.15) is 29.7 Å². The summed E-state index contributed by atoms with van der Waals surface area (Å²) in [5, 5.41) is 57.6. The lowest BCUT2D eigenvalue weighted by atomic mass is 9.76. The number of hydrogen-bond acceptors (Lipinski definition) is 14. The summed E-state index contributed by atoms with van der Waals surface area (Å²) in [6.07, 6.45) is -4.19. The molecule has 0 bridgehead atoms. The Labute approximate surface area is 315 Å². The molecule has 0 aromatic heterocycles. The number of carbonyl (C=O) groups excluding carboxylic acids is 2. The first-order chi connectivity index (χ1) is 24.6. The molecule has 306 valence electrons. The van der Waals surface area contributed by atoms with E-state index in [2.05, 4.69) is 5.92 Å². The van der Waals surface area contributed by atoms with Crippen molar-refractivity contribution in [3.8, 4) is 12.3 Å². The van der Waals surface area contributed by atoms with E-state index in [1.165, 1.54) is 27.9 Å². The number of likely N-dealkylation sites (N-methyl/N-ethyl adjacent to an activating group) is 1. The maximum atomic E-state index is 14.1. The van der Waals surface area contributed by atoms with Gasteiger partial charge in [0.25, 0.3) is 0 Å². The molecule has 3 heterocycles. The fourth-order valence-corrected chi connectivity index (χ4v) is 8.22. The second-order valence-electron chi connectivity index (χ2n) is 16.4. The number of hydrogen-bond donors (Lipinski definition) is 5. The maximum absolute atomic E-state index is 14.1. The minimum atomic E-state index is -1.99. The molecule has 5 N–H and O–H groups in total. The van der Waals surface area contributed by atoms with Crippen LogP contribution in [0.25, 0.3) is 0 Å². The summed E-state index contributed by atoms with van der Waals surface area (Å²) >= 11 is 0. The molecule has 1 unspecified atom stereocenters. The molecular weight excluding hydrogens is 690 g/mol. The molecule has 0 aromatic rings. The molecule has 0 spiro atoms. The van der Waals surface area contributed by atoms with Gasteiger partial charge >= 0.3 is 5.97 Å². The summed E-state index contributed by atoms with van der Waals surface area (Å²) in [6.45, 7) is 15.1. The molecule has 0 saturated carbocycles. The van der Waals surface area contributed by atoms with Crippen LogP contribution < -0.4 is 0 Å². The number of Topliss-reactive ketones (excluding diaryl/α,β-unsaturated/α-hetero) is 1. The molecule has 3 saturated heterocycles. The number of ether oxygens (including phenoxy) is 6. The third kappa shape index (κ3) is 10.4. The van der Waals surface area contributed by atoms with Gasteiger partial charge in [0.2, 0.25) is 0 Å². The fourth-order valence-electron chi connectivity index (χ4n) is 8.22. The molecule has 0 amide bonds. The molecule has 0 aromatic carbocycles. The van der Waals surface area contributed by atoms with Crippen molar-refractivity contribution >= 4 is 11.8 Å². The first kappa shape index (κ1) is 45.6. The highest BCUT2D eigenvalue weighted by Gasteiger charge is 2.53. The van der Waals surface area contributed by atoms with Gasteiger partial charge in [0.15, 0.2) is 12.6 Å². The first-order valence-corrected chi connectivity index (χ1v) is 19.1. The number of nitrogens with zero attached hydrogens (tertiary/aromatic N) is 1. The Kier molecular flexibility index (Phi) is 15.9. The van der Waals surface area contributed by atoms with Crippen LogP contribution >= 0.6 is 0 Å². The van der Waals surface area contributed by atoms with Crippen LogP contribution in [0.4, 0.5) is 0 Å². The van der Waals surface area contributed by atoms with Crippen molar-refractivity contribution in [2.24, 2.45) is 17.8 Å². The van der Waals surface area contributed by atoms with Crippen LogP contribution in [0.15, 0.2) is 0 Å². The Morgan fingerprint density at radius 2 is 1.62 bits per heavy atom. The summed E-state index contributed by atoms with van der Waals surface area (Å²) in [4.78, 5) is 29.6. The average molecular weight is 758 g/mol. The zero-order valence-electron chi connectivity index (χ0n) is 33.6. The largest absolute Gasteiger partial charge is 0.459 e. The van der Waals surface area contributed by atoms with E-state index in [9.17, 15) is 35.1 Å². The van der Waals surface area contributed by atoms with Crippen molar-refractivity contribution < 1.29 is 63.5 Å². The van der Waals surface area contributed by atoms with Gasteiger partial charge in [-0.1, -0.05) is 20.8 Å². The lowest BCUT2D eigenvalue weighted by Gasteiger charge is -2.49. The van der Waals surface area contributed by atoms with Gasteiger partial charge in [0, 0.05) is 50.8 Å². The van der Waals surface area contributed by atoms with Crippen molar-refractivity contribution in [3.05, 3.63) is 0 Å². The zero-order valence-corrected chi connectivity index (χ0v) is 33.6. The van der Waals surface area contributed by atoms with Crippen molar-refractivity contribution in [3.63, 3.8) is 0 Å². The topological polar surface area (TPSA) is 194 Å². The Bertz CT molecular complexity index is 1260. The Morgan fingerprint density at radius 3 is 2.21 bits per heavy atom. The zero-order chi connectivity index (χ0) is 40.2. The minimum Gasteiger partial charge on any atom is -0.459 e. The summed E-state index contributed by atoms with van der Waals surface area (Å²) in [5.74, 6) is -1.58. The smallest absolute Gasteiger partial charge is 0.311 e. The monoisotopic (exact) mass is 757 g/mol. The SMILES string of the molecule is C#CCCN(C)[C@H]1C[C@@H](C)O[C@@H](O[C@@H]2[C@@H](C)[C@H](OC3C[C@@](C)(OC)[C@@H](O)[C@H](C)O3)[C@@H](C)C(=O)O[C@H](CC)[C@@](C)(O)[C@H](O)[C@@H](C)C(=O)CC[C@@]2(C)O)[C@@H]1O. The molecule has 3 aliphatic heterocycles.